The molecule has 5 rings (SSSR count). The fourth-order valence-corrected chi connectivity index (χ4v) is 5.30. The Hall–Kier alpha value is -3.44. The predicted octanol–water partition coefficient (Wildman–Crippen LogP) is 6.25. The maximum atomic E-state index is 10.1. The first-order chi connectivity index (χ1) is 17.6. The first-order valence-corrected chi connectivity index (χ1v) is 13.1. The number of phenols is 2. The number of aromatic hydroxyl groups is 2. The summed E-state index contributed by atoms with van der Waals surface area (Å²) in [6.45, 7) is 6.95. The van der Waals surface area contributed by atoms with Crippen LogP contribution in [0.1, 0.15) is 48.1 Å². The largest absolute Gasteiger partial charge is 0.508 e. The van der Waals surface area contributed by atoms with Gasteiger partial charge in [0, 0.05) is 36.1 Å². The molecule has 1 aromatic heterocycles. The molecule has 0 aliphatic carbocycles. The maximum Gasteiger partial charge on any atom is 0.119 e. The highest BCUT2D eigenvalue weighted by atomic mass is 16.5. The van der Waals surface area contributed by atoms with E-state index in [4.69, 9.17) is 4.74 Å². The van der Waals surface area contributed by atoms with Crippen LogP contribution in [0.2, 0.25) is 0 Å². The lowest BCUT2D eigenvalue weighted by atomic mass is 10.1. The summed E-state index contributed by atoms with van der Waals surface area (Å²) in [7, 11) is 0. The molecule has 1 aliphatic rings. The third kappa shape index (κ3) is 5.68. The highest BCUT2D eigenvalue weighted by molar-refractivity contribution is 5.87. The summed E-state index contributed by atoms with van der Waals surface area (Å²) in [4.78, 5) is 2.52. The van der Waals surface area contributed by atoms with Gasteiger partial charge in [-0.25, -0.2) is 0 Å². The monoisotopic (exact) mass is 484 g/mol. The summed E-state index contributed by atoms with van der Waals surface area (Å²) in [6.07, 6.45) is 6.06. The van der Waals surface area contributed by atoms with E-state index in [9.17, 15) is 10.2 Å². The summed E-state index contributed by atoms with van der Waals surface area (Å²) < 4.78 is 8.40. The van der Waals surface area contributed by atoms with Gasteiger partial charge < -0.3 is 19.5 Å². The van der Waals surface area contributed by atoms with Crippen LogP contribution in [-0.4, -0.2) is 45.9 Å². The van der Waals surface area contributed by atoms with Crippen molar-refractivity contribution >= 4 is 10.9 Å². The van der Waals surface area contributed by atoms with E-state index in [2.05, 4.69) is 40.7 Å². The Bertz CT molecular complexity index is 1280. The zero-order valence-corrected chi connectivity index (χ0v) is 21.1. The number of nitrogens with zero attached hydrogens (tertiary/aromatic N) is 2. The number of hydrogen-bond acceptors (Lipinski definition) is 4. The average Bonchev–Trinajstić information content (AvgIpc) is 3.04. The van der Waals surface area contributed by atoms with E-state index in [1.165, 1.54) is 55.6 Å². The topological polar surface area (TPSA) is 57.9 Å². The Labute approximate surface area is 213 Å². The molecular weight excluding hydrogens is 448 g/mol. The van der Waals surface area contributed by atoms with Gasteiger partial charge in [-0.1, -0.05) is 37.1 Å². The Morgan fingerprint density at radius 1 is 0.778 bits per heavy atom. The first kappa shape index (κ1) is 24.3. The van der Waals surface area contributed by atoms with Crippen LogP contribution in [0.15, 0.2) is 66.7 Å². The summed E-state index contributed by atoms with van der Waals surface area (Å²) in [6, 6.07) is 21.4. The first-order valence-electron chi connectivity index (χ1n) is 13.1. The van der Waals surface area contributed by atoms with E-state index in [-0.39, 0.29) is 11.5 Å². The number of hydrogen-bond donors (Lipinski definition) is 2. The van der Waals surface area contributed by atoms with Crippen molar-refractivity contribution in [3.05, 3.63) is 89.1 Å². The van der Waals surface area contributed by atoms with Crippen molar-refractivity contribution < 1.29 is 14.9 Å². The average molecular weight is 485 g/mol. The number of aryl methyl sites for hydroxylation is 1. The number of benzene rings is 3. The number of phenolic OH excluding ortho intramolecular Hbond substituents is 2. The molecule has 5 heteroatoms. The zero-order valence-electron chi connectivity index (χ0n) is 21.1. The summed E-state index contributed by atoms with van der Waals surface area (Å²) >= 11 is 0. The molecule has 36 heavy (non-hydrogen) atoms. The molecule has 0 unspecified atom stereocenters. The summed E-state index contributed by atoms with van der Waals surface area (Å²) in [5, 5.41) is 20.9. The van der Waals surface area contributed by atoms with Gasteiger partial charge in [-0.05, 0) is 92.0 Å². The molecule has 1 fully saturated rings. The minimum atomic E-state index is 0.273. The second-order valence-electron chi connectivity index (χ2n) is 9.95. The van der Waals surface area contributed by atoms with Crippen molar-refractivity contribution in [2.75, 3.05) is 26.2 Å². The van der Waals surface area contributed by atoms with Gasteiger partial charge >= 0.3 is 0 Å². The smallest absolute Gasteiger partial charge is 0.119 e. The van der Waals surface area contributed by atoms with E-state index < -0.39 is 0 Å². The standard InChI is InChI=1S/C31H36N2O3/c1-23-29-21-27(35)12-15-30(29)33(31(23)20-24-6-10-26(34)11-7-24)22-25-8-13-28(14-9-25)36-19-18-32-16-4-2-3-5-17-32/h6-15,21,34-35H,2-5,16-20,22H2,1H3. The quantitative estimate of drug-likeness (QED) is 0.310. The Morgan fingerprint density at radius 2 is 1.44 bits per heavy atom. The van der Waals surface area contributed by atoms with E-state index >= 15 is 0 Å². The van der Waals surface area contributed by atoms with E-state index in [1.54, 1.807) is 18.2 Å². The molecule has 4 aromatic rings. The van der Waals surface area contributed by atoms with Crippen LogP contribution in [0, 0.1) is 6.92 Å². The maximum absolute atomic E-state index is 10.1. The fraction of sp³-hybridized carbons (Fsp3) is 0.355. The van der Waals surface area contributed by atoms with Gasteiger partial charge in [0.15, 0.2) is 0 Å². The van der Waals surface area contributed by atoms with E-state index in [0.29, 0.717) is 0 Å². The zero-order chi connectivity index (χ0) is 24.9. The number of ether oxygens (including phenoxy) is 1. The lowest BCUT2D eigenvalue weighted by Gasteiger charge is -2.19. The normalized spacial score (nSPS) is 14.7. The van der Waals surface area contributed by atoms with Gasteiger partial charge in [0.25, 0.3) is 0 Å². The van der Waals surface area contributed by atoms with Crippen LogP contribution in [0.5, 0.6) is 17.2 Å². The summed E-state index contributed by atoms with van der Waals surface area (Å²) in [5.74, 6) is 1.46. The van der Waals surface area contributed by atoms with E-state index in [1.807, 2.05) is 24.3 Å². The van der Waals surface area contributed by atoms with Crippen molar-refractivity contribution in [3.63, 3.8) is 0 Å². The molecule has 1 aliphatic heterocycles. The highest BCUT2D eigenvalue weighted by Gasteiger charge is 2.16. The minimum Gasteiger partial charge on any atom is -0.508 e. The van der Waals surface area contributed by atoms with Crippen molar-refractivity contribution in [1.29, 1.82) is 0 Å². The Morgan fingerprint density at radius 3 is 2.17 bits per heavy atom. The van der Waals surface area contributed by atoms with Crippen LogP contribution in [-0.2, 0) is 13.0 Å². The van der Waals surface area contributed by atoms with Gasteiger partial charge in [-0.15, -0.1) is 0 Å². The number of aromatic nitrogens is 1. The SMILES string of the molecule is Cc1c(Cc2ccc(O)cc2)n(Cc2ccc(OCCN3CCCCCC3)cc2)c2ccc(O)cc12. The molecule has 0 atom stereocenters. The van der Waals surface area contributed by atoms with Crippen molar-refractivity contribution in [2.24, 2.45) is 0 Å². The van der Waals surface area contributed by atoms with Crippen molar-refractivity contribution in [2.45, 2.75) is 45.6 Å². The number of likely N-dealkylation sites (tertiary alicyclic amines) is 1. The molecule has 3 aromatic carbocycles. The highest BCUT2D eigenvalue weighted by Crippen LogP contribution is 2.31. The van der Waals surface area contributed by atoms with Crippen molar-refractivity contribution in [1.82, 2.24) is 9.47 Å². The van der Waals surface area contributed by atoms with Gasteiger partial charge in [-0.3, -0.25) is 4.90 Å². The lowest BCUT2D eigenvalue weighted by Crippen LogP contribution is -2.29. The van der Waals surface area contributed by atoms with Gasteiger partial charge in [-0.2, -0.15) is 0 Å². The molecule has 5 nitrogen and oxygen atoms in total. The molecule has 2 heterocycles. The second-order valence-corrected chi connectivity index (χ2v) is 9.95. The number of fused-ring (bicyclic) bond motifs is 1. The van der Waals surface area contributed by atoms with Gasteiger partial charge in [0.05, 0.1) is 0 Å². The van der Waals surface area contributed by atoms with Crippen LogP contribution in [0.4, 0.5) is 0 Å². The molecule has 0 radical (unpaired) electrons. The van der Waals surface area contributed by atoms with Crippen LogP contribution >= 0.6 is 0 Å². The van der Waals surface area contributed by atoms with E-state index in [0.717, 1.165) is 48.3 Å². The molecule has 0 bridgehead atoms. The summed E-state index contributed by atoms with van der Waals surface area (Å²) in [5.41, 5.74) is 5.82. The second kappa shape index (κ2) is 11.1. The van der Waals surface area contributed by atoms with Crippen molar-refractivity contribution in [3.8, 4) is 17.2 Å². The molecular formula is C31H36N2O3. The Balaban J connectivity index is 1.32. The molecule has 0 saturated carbocycles. The van der Waals surface area contributed by atoms with Gasteiger partial charge in [0.1, 0.15) is 23.9 Å². The predicted molar refractivity (Wildman–Crippen MR) is 145 cm³/mol. The molecule has 0 spiro atoms. The molecule has 1 saturated heterocycles. The lowest BCUT2D eigenvalue weighted by molar-refractivity contribution is 0.214. The van der Waals surface area contributed by atoms with Crippen LogP contribution in [0.25, 0.3) is 10.9 Å². The molecule has 2 N–H and O–H groups in total. The van der Waals surface area contributed by atoms with Gasteiger partial charge in [0.2, 0.25) is 0 Å². The molecule has 188 valence electrons. The van der Waals surface area contributed by atoms with Crippen LogP contribution < -0.4 is 4.74 Å². The van der Waals surface area contributed by atoms with Crippen LogP contribution in [0.3, 0.4) is 0 Å². The minimum absolute atomic E-state index is 0.273. The third-order valence-corrected chi connectivity index (χ3v) is 7.38. The fourth-order valence-electron chi connectivity index (χ4n) is 5.30. The molecule has 0 amide bonds. The number of rotatable bonds is 8. The Kier molecular flexibility index (Phi) is 7.47. The third-order valence-electron chi connectivity index (χ3n) is 7.38.